The number of hydrogen-bond donors (Lipinski definition) is 5. The van der Waals surface area contributed by atoms with E-state index in [1.807, 2.05) is 0 Å². The molecule has 140 valence electrons. The third kappa shape index (κ3) is 2.81. The maximum absolute atomic E-state index is 12.7. The lowest BCUT2D eigenvalue weighted by atomic mass is 9.89. The van der Waals surface area contributed by atoms with Crippen LogP contribution in [0.25, 0.3) is 22.3 Å². The van der Waals surface area contributed by atoms with E-state index >= 15 is 0 Å². The highest BCUT2D eigenvalue weighted by atomic mass is 16.3. The van der Waals surface area contributed by atoms with Gasteiger partial charge in [-0.15, -0.1) is 0 Å². The highest BCUT2D eigenvalue weighted by Crippen LogP contribution is 2.43. The molecule has 2 aromatic carbocycles. The number of hydrogen-bond acceptors (Lipinski definition) is 7. The van der Waals surface area contributed by atoms with Crippen molar-refractivity contribution in [3.63, 3.8) is 0 Å². The average Bonchev–Trinajstić information content (AvgIpc) is 3.09. The zero-order valence-corrected chi connectivity index (χ0v) is 14.3. The lowest BCUT2D eigenvalue weighted by Crippen LogP contribution is -2.29. The fraction of sp³-hybridized carbons (Fsp3) is 0.250. The number of fused-ring (bicyclic) bond motifs is 1. The molecule has 0 saturated carbocycles. The molecule has 1 fully saturated rings. The van der Waals surface area contributed by atoms with E-state index in [1.54, 1.807) is 18.2 Å². The van der Waals surface area contributed by atoms with Crippen LogP contribution < -0.4 is 10.7 Å². The van der Waals surface area contributed by atoms with Gasteiger partial charge < -0.3 is 30.2 Å². The summed E-state index contributed by atoms with van der Waals surface area (Å²) in [5.41, 5.74) is 0.264. The van der Waals surface area contributed by atoms with Gasteiger partial charge in [0.25, 0.3) is 0 Å². The van der Waals surface area contributed by atoms with Gasteiger partial charge in [0.2, 0.25) is 0 Å². The van der Waals surface area contributed by atoms with Gasteiger partial charge in [0.1, 0.15) is 34.0 Å². The summed E-state index contributed by atoms with van der Waals surface area (Å²) in [6.45, 7) is 0.497. The van der Waals surface area contributed by atoms with Gasteiger partial charge in [0.05, 0.1) is 12.2 Å². The third-order valence-electron chi connectivity index (χ3n) is 5.08. The Kier molecular flexibility index (Phi) is 4.25. The molecule has 27 heavy (non-hydrogen) atoms. The summed E-state index contributed by atoms with van der Waals surface area (Å²) in [4.78, 5) is 12.7. The van der Waals surface area contributed by atoms with E-state index in [-0.39, 0.29) is 52.5 Å². The van der Waals surface area contributed by atoms with E-state index < -0.39 is 5.43 Å². The lowest BCUT2D eigenvalue weighted by molar-refractivity contribution is 0.244. The zero-order valence-electron chi connectivity index (χ0n) is 14.3. The van der Waals surface area contributed by atoms with E-state index in [9.17, 15) is 25.2 Å². The molecule has 2 heterocycles. The quantitative estimate of drug-likeness (QED) is 0.478. The number of benzene rings is 2. The molecule has 5 N–H and O–H groups in total. The highest BCUT2D eigenvalue weighted by Gasteiger charge is 2.33. The van der Waals surface area contributed by atoms with Gasteiger partial charge in [-0.2, -0.15) is 0 Å². The Balaban J connectivity index is 2.03. The Morgan fingerprint density at radius 1 is 1.07 bits per heavy atom. The molecule has 1 aromatic heterocycles. The predicted octanol–water partition coefficient (Wildman–Crippen LogP) is 2.01. The molecule has 0 radical (unpaired) electrons. The second kappa shape index (κ2) is 6.61. The maximum atomic E-state index is 12.7. The topological polar surface area (TPSA) is 123 Å². The second-order valence-corrected chi connectivity index (χ2v) is 6.66. The summed E-state index contributed by atoms with van der Waals surface area (Å²) in [6, 6.07) is 8.45. The molecule has 1 aliphatic rings. The first-order chi connectivity index (χ1) is 13.0. The van der Waals surface area contributed by atoms with E-state index in [1.165, 1.54) is 12.1 Å². The standard InChI is InChI=1S/C20H19NO6/c22-9-12-10(5-6-21-12)18-14(24)7-15(25)19-16(26)8-17(27-20(18)19)11-3-1-2-4-13(11)23/h1-4,7-8,10,12,21-25H,5-6,9H2. The SMILES string of the molecule is O=c1cc(-c2ccccc2O)oc2c(C3CCNC3CO)c(O)cc(O)c12. The molecule has 4 rings (SSSR count). The first-order valence-corrected chi connectivity index (χ1v) is 8.66. The lowest BCUT2D eigenvalue weighted by Gasteiger charge is -2.20. The van der Waals surface area contributed by atoms with Gasteiger partial charge in [0, 0.05) is 29.7 Å². The van der Waals surface area contributed by atoms with Crippen LogP contribution in [0.3, 0.4) is 0 Å². The van der Waals surface area contributed by atoms with Crippen LogP contribution in [0.1, 0.15) is 17.9 Å². The maximum Gasteiger partial charge on any atom is 0.197 e. The average molecular weight is 369 g/mol. The normalized spacial score (nSPS) is 19.6. The number of aliphatic hydroxyl groups is 1. The van der Waals surface area contributed by atoms with Crippen LogP contribution in [0.5, 0.6) is 17.2 Å². The molecule has 0 bridgehead atoms. The Morgan fingerprint density at radius 3 is 2.59 bits per heavy atom. The van der Waals surface area contributed by atoms with Crippen LogP contribution in [0.15, 0.2) is 45.6 Å². The number of phenols is 3. The van der Waals surface area contributed by atoms with Crippen LogP contribution in [-0.2, 0) is 0 Å². The van der Waals surface area contributed by atoms with E-state index in [2.05, 4.69) is 5.32 Å². The molecule has 1 aliphatic heterocycles. The Hall–Kier alpha value is -3.03. The van der Waals surface area contributed by atoms with Crippen molar-refractivity contribution in [3.05, 3.63) is 52.2 Å². The third-order valence-corrected chi connectivity index (χ3v) is 5.08. The number of aliphatic hydroxyl groups excluding tert-OH is 1. The van der Waals surface area contributed by atoms with Gasteiger partial charge in [-0.3, -0.25) is 4.79 Å². The summed E-state index contributed by atoms with van der Waals surface area (Å²) in [5.74, 6) is -0.800. The van der Waals surface area contributed by atoms with Gasteiger partial charge in [-0.1, -0.05) is 12.1 Å². The van der Waals surface area contributed by atoms with E-state index in [4.69, 9.17) is 4.42 Å². The van der Waals surface area contributed by atoms with Crippen LogP contribution >= 0.6 is 0 Å². The van der Waals surface area contributed by atoms with Crippen LogP contribution in [0.2, 0.25) is 0 Å². The van der Waals surface area contributed by atoms with Crippen molar-refractivity contribution in [2.24, 2.45) is 0 Å². The number of para-hydroxylation sites is 1. The fourth-order valence-electron chi connectivity index (χ4n) is 3.80. The smallest absolute Gasteiger partial charge is 0.197 e. The van der Waals surface area contributed by atoms with Crippen LogP contribution in [0.4, 0.5) is 0 Å². The summed E-state index contributed by atoms with van der Waals surface area (Å²) < 4.78 is 5.92. The number of nitrogens with one attached hydrogen (secondary N) is 1. The fourth-order valence-corrected chi connectivity index (χ4v) is 3.80. The molecule has 7 heteroatoms. The second-order valence-electron chi connectivity index (χ2n) is 6.66. The first kappa shape index (κ1) is 17.4. The van der Waals surface area contributed by atoms with Crippen molar-refractivity contribution in [1.82, 2.24) is 5.32 Å². The monoisotopic (exact) mass is 369 g/mol. The molecular weight excluding hydrogens is 350 g/mol. The van der Waals surface area contributed by atoms with Crippen molar-refractivity contribution in [3.8, 4) is 28.6 Å². The minimum Gasteiger partial charge on any atom is -0.507 e. The van der Waals surface area contributed by atoms with Crippen molar-refractivity contribution >= 4 is 11.0 Å². The van der Waals surface area contributed by atoms with Gasteiger partial charge in [-0.25, -0.2) is 0 Å². The Bertz CT molecular complexity index is 1070. The molecule has 3 aromatic rings. The molecular formula is C20H19NO6. The molecule has 2 unspecified atom stereocenters. The van der Waals surface area contributed by atoms with Gasteiger partial charge in [-0.05, 0) is 25.1 Å². The summed E-state index contributed by atoms with van der Waals surface area (Å²) in [6.07, 6.45) is 0.628. The molecule has 0 spiro atoms. The summed E-state index contributed by atoms with van der Waals surface area (Å²) in [7, 11) is 0. The predicted molar refractivity (Wildman–Crippen MR) is 99.1 cm³/mol. The van der Waals surface area contributed by atoms with Crippen molar-refractivity contribution < 1.29 is 24.8 Å². The van der Waals surface area contributed by atoms with Crippen LogP contribution in [0, 0.1) is 0 Å². The molecule has 2 atom stereocenters. The highest BCUT2D eigenvalue weighted by molar-refractivity contribution is 5.90. The minimum atomic E-state index is -0.486. The van der Waals surface area contributed by atoms with Crippen molar-refractivity contribution in [2.75, 3.05) is 13.2 Å². The van der Waals surface area contributed by atoms with E-state index in [0.717, 1.165) is 6.07 Å². The summed E-state index contributed by atoms with van der Waals surface area (Å²) in [5, 5.41) is 43.5. The zero-order chi connectivity index (χ0) is 19.1. The summed E-state index contributed by atoms with van der Waals surface area (Å²) >= 11 is 0. The Morgan fingerprint density at radius 2 is 1.85 bits per heavy atom. The van der Waals surface area contributed by atoms with Crippen molar-refractivity contribution in [2.45, 2.75) is 18.4 Å². The molecule has 1 saturated heterocycles. The first-order valence-electron chi connectivity index (χ1n) is 8.66. The van der Waals surface area contributed by atoms with Crippen LogP contribution in [-0.4, -0.2) is 39.6 Å². The Labute approximate surface area is 154 Å². The molecule has 0 aliphatic carbocycles. The largest absolute Gasteiger partial charge is 0.507 e. The van der Waals surface area contributed by atoms with Crippen molar-refractivity contribution in [1.29, 1.82) is 0 Å². The molecule has 0 amide bonds. The number of rotatable bonds is 3. The number of aromatic hydroxyl groups is 3. The number of phenolic OH excluding ortho intramolecular Hbond substituents is 3. The minimum absolute atomic E-state index is 0.0365. The van der Waals surface area contributed by atoms with Gasteiger partial charge >= 0.3 is 0 Å². The van der Waals surface area contributed by atoms with Gasteiger partial charge in [0.15, 0.2) is 5.43 Å². The molecule has 7 nitrogen and oxygen atoms in total. The van der Waals surface area contributed by atoms with E-state index in [0.29, 0.717) is 24.1 Å².